The zero-order chi connectivity index (χ0) is 21.6. The molecular formula is C22H20N4O3S2. The number of benzene rings is 2. The van der Waals surface area contributed by atoms with E-state index in [2.05, 4.69) is 9.97 Å². The number of hydrogen-bond donors (Lipinski definition) is 2. The second kappa shape index (κ2) is 9.59. The molecule has 2 aromatic heterocycles. The van der Waals surface area contributed by atoms with Crippen LogP contribution in [0, 0.1) is 0 Å². The minimum absolute atomic E-state index is 0.255. The molecule has 4 aromatic rings. The molecule has 2 aromatic carbocycles. The van der Waals surface area contributed by atoms with E-state index in [1.807, 2.05) is 47.2 Å². The fourth-order valence-corrected chi connectivity index (χ4v) is 4.04. The maximum Gasteiger partial charge on any atom is 0.338 e. The summed E-state index contributed by atoms with van der Waals surface area (Å²) in [6.45, 7) is 0.613. The van der Waals surface area contributed by atoms with Gasteiger partial charge in [0.15, 0.2) is 10.3 Å². The lowest BCUT2D eigenvalue weighted by Crippen LogP contribution is -2.08. The molecular weight excluding hydrogens is 432 g/mol. The lowest BCUT2D eigenvalue weighted by atomic mass is 10.1. The molecule has 0 amide bonds. The van der Waals surface area contributed by atoms with Crippen molar-refractivity contribution in [2.75, 3.05) is 18.1 Å². The number of esters is 1. The lowest BCUT2D eigenvalue weighted by Gasteiger charge is -2.10. The number of nitrogen functional groups attached to an aromatic ring is 2. The van der Waals surface area contributed by atoms with E-state index in [4.69, 9.17) is 20.9 Å². The van der Waals surface area contributed by atoms with Crippen LogP contribution in [0.25, 0.3) is 11.3 Å². The van der Waals surface area contributed by atoms with Crippen LogP contribution in [0.2, 0.25) is 0 Å². The SMILES string of the molecule is Nc1nc(CCOC(=O)c2ccc(COc3ccccc3-c3csc(N)n3)cc2)cs1. The van der Waals surface area contributed by atoms with Gasteiger partial charge in [0.2, 0.25) is 0 Å². The van der Waals surface area contributed by atoms with E-state index in [1.54, 1.807) is 12.1 Å². The number of rotatable bonds is 8. The van der Waals surface area contributed by atoms with Crippen molar-refractivity contribution in [1.82, 2.24) is 9.97 Å². The molecule has 0 bridgehead atoms. The van der Waals surface area contributed by atoms with E-state index >= 15 is 0 Å². The van der Waals surface area contributed by atoms with Crippen molar-refractivity contribution in [3.05, 3.63) is 76.1 Å². The van der Waals surface area contributed by atoms with Gasteiger partial charge in [0.05, 0.1) is 23.6 Å². The van der Waals surface area contributed by atoms with Crippen LogP contribution < -0.4 is 16.2 Å². The Morgan fingerprint density at radius 1 is 0.935 bits per heavy atom. The average molecular weight is 453 g/mol. The van der Waals surface area contributed by atoms with Crippen LogP contribution in [-0.4, -0.2) is 22.5 Å². The average Bonchev–Trinajstić information content (AvgIpc) is 3.40. The Hall–Kier alpha value is -3.43. The van der Waals surface area contributed by atoms with Crippen LogP contribution in [0.4, 0.5) is 10.3 Å². The highest BCUT2D eigenvalue weighted by Crippen LogP contribution is 2.31. The third-order valence-electron chi connectivity index (χ3n) is 4.43. The maximum absolute atomic E-state index is 12.2. The van der Waals surface area contributed by atoms with Gasteiger partial charge < -0.3 is 20.9 Å². The van der Waals surface area contributed by atoms with Gasteiger partial charge in [0, 0.05) is 22.7 Å². The van der Waals surface area contributed by atoms with Gasteiger partial charge in [0.1, 0.15) is 12.4 Å². The van der Waals surface area contributed by atoms with E-state index in [0.29, 0.717) is 28.9 Å². The first-order valence-electron chi connectivity index (χ1n) is 9.47. The fourth-order valence-electron chi connectivity index (χ4n) is 2.88. The summed E-state index contributed by atoms with van der Waals surface area (Å²) in [7, 11) is 0. The standard InChI is InChI=1S/C22H20N4O3S2/c23-21-25-16(12-30-21)9-10-28-20(27)15-7-5-14(6-8-15)11-29-19-4-2-1-3-17(19)18-13-31-22(24)26-18/h1-8,12-13H,9-11H2,(H2,23,25)(H2,24,26). The zero-order valence-electron chi connectivity index (χ0n) is 16.5. The minimum atomic E-state index is -0.373. The van der Waals surface area contributed by atoms with Crippen LogP contribution in [0.15, 0.2) is 59.3 Å². The molecule has 4 rings (SSSR count). The van der Waals surface area contributed by atoms with Gasteiger partial charge in [-0.2, -0.15) is 0 Å². The Morgan fingerprint density at radius 2 is 1.68 bits per heavy atom. The summed E-state index contributed by atoms with van der Waals surface area (Å²) in [6.07, 6.45) is 0.537. The summed E-state index contributed by atoms with van der Waals surface area (Å²) in [5.41, 5.74) is 15.3. The predicted octanol–water partition coefficient (Wildman–Crippen LogP) is 4.41. The number of thiazole rings is 2. The molecule has 4 N–H and O–H groups in total. The highest BCUT2D eigenvalue weighted by molar-refractivity contribution is 7.14. The number of nitrogens with two attached hydrogens (primary N) is 2. The van der Waals surface area contributed by atoms with Gasteiger partial charge in [0.25, 0.3) is 0 Å². The molecule has 0 fully saturated rings. The van der Waals surface area contributed by atoms with Crippen molar-refractivity contribution in [3.8, 4) is 17.0 Å². The van der Waals surface area contributed by atoms with Gasteiger partial charge in [-0.25, -0.2) is 14.8 Å². The molecule has 0 aliphatic carbocycles. The molecule has 0 unspecified atom stereocenters. The Bertz CT molecular complexity index is 1170. The Balaban J connectivity index is 1.32. The minimum Gasteiger partial charge on any atom is -0.488 e. The largest absolute Gasteiger partial charge is 0.488 e. The molecule has 2 heterocycles. The summed E-state index contributed by atoms with van der Waals surface area (Å²) in [5.74, 6) is 0.348. The summed E-state index contributed by atoms with van der Waals surface area (Å²) < 4.78 is 11.3. The van der Waals surface area contributed by atoms with E-state index in [0.717, 1.165) is 28.3 Å². The summed E-state index contributed by atoms with van der Waals surface area (Å²) in [4.78, 5) is 20.7. The molecule has 0 aliphatic rings. The first kappa shape index (κ1) is 20.8. The number of carbonyl (C=O) groups is 1. The van der Waals surface area contributed by atoms with Crippen molar-refractivity contribution in [2.45, 2.75) is 13.0 Å². The van der Waals surface area contributed by atoms with Gasteiger partial charge in [-0.15, -0.1) is 22.7 Å². The lowest BCUT2D eigenvalue weighted by molar-refractivity contribution is 0.0508. The molecule has 0 radical (unpaired) electrons. The molecule has 0 saturated carbocycles. The third kappa shape index (κ3) is 5.39. The number of carbonyl (C=O) groups excluding carboxylic acids is 1. The number of aromatic nitrogens is 2. The van der Waals surface area contributed by atoms with Crippen molar-refractivity contribution in [1.29, 1.82) is 0 Å². The van der Waals surface area contributed by atoms with Crippen LogP contribution in [0.3, 0.4) is 0 Å². The van der Waals surface area contributed by atoms with Crippen LogP contribution in [0.5, 0.6) is 5.75 Å². The molecule has 7 nitrogen and oxygen atoms in total. The Labute approximate surface area is 187 Å². The third-order valence-corrected chi connectivity index (χ3v) is 5.83. The number of para-hydroxylation sites is 1. The molecule has 0 saturated heterocycles. The molecule has 31 heavy (non-hydrogen) atoms. The van der Waals surface area contributed by atoms with Gasteiger partial charge in [-0.3, -0.25) is 0 Å². The molecule has 9 heteroatoms. The monoisotopic (exact) mass is 452 g/mol. The summed E-state index contributed by atoms with van der Waals surface area (Å²) in [6, 6.07) is 14.8. The fraction of sp³-hybridized carbons (Fsp3) is 0.136. The van der Waals surface area contributed by atoms with E-state index in [-0.39, 0.29) is 12.6 Å². The van der Waals surface area contributed by atoms with Crippen LogP contribution >= 0.6 is 22.7 Å². The second-order valence-electron chi connectivity index (χ2n) is 6.62. The second-order valence-corrected chi connectivity index (χ2v) is 8.40. The molecule has 158 valence electrons. The Morgan fingerprint density at radius 3 is 2.39 bits per heavy atom. The van der Waals surface area contributed by atoms with Crippen molar-refractivity contribution in [2.24, 2.45) is 0 Å². The normalized spacial score (nSPS) is 10.7. The van der Waals surface area contributed by atoms with E-state index in [9.17, 15) is 4.79 Å². The first-order chi connectivity index (χ1) is 15.1. The van der Waals surface area contributed by atoms with Gasteiger partial charge in [-0.1, -0.05) is 24.3 Å². The zero-order valence-corrected chi connectivity index (χ0v) is 18.1. The van der Waals surface area contributed by atoms with Gasteiger partial charge in [-0.05, 0) is 29.8 Å². The number of ether oxygens (including phenoxy) is 2. The quantitative estimate of drug-likeness (QED) is 0.381. The summed E-state index contributed by atoms with van der Waals surface area (Å²) in [5, 5.41) is 4.79. The predicted molar refractivity (Wildman–Crippen MR) is 123 cm³/mol. The van der Waals surface area contributed by atoms with Crippen molar-refractivity contribution in [3.63, 3.8) is 0 Å². The smallest absolute Gasteiger partial charge is 0.338 e. The molecule has 0 spiro atoms. The van der Waals surface area contributed by atoms with Crippen LogP contribution in [0.1, 0.15) is 21.6 Å². The number of anilines is 2. The van der Waals surface area contributed by atoms with Crippen molar-refractivity contribution < 1.29 is 14.3 Å². The highest BCUT2D eigenvalue weighted by atomic mass is 32.1. The summed E-state index contributed by atoms with van der Waals surface area (Å²) >= 11 is 2.76. The van der Waals surface area contributed by atoms with Crippen molar-refractivity contribution >= 4 is 38.9 Å². The highest BCUT2D eigenvalue weighted by Gasteiger charge is 2.11. The number of hydrogen-bond acceptors (Lipinski definition) is 9. The maximum atomic E-state index is 12.2. The van der Waals surface area contributed by atoms with Crippen LogP contribution in [-0.2, 0) is 17.8 Å². The van der Waals surface area contributed by atoms with E-state index in [1.165, 1.54) is 22.7 Å². The van der Waals surface area contributed by atoms with E-state index < -0.39 is 0 Å². The van der Waals surface area contributed by atoms with Gasteiger partial charge >= 0.3 is 5.97 Å². The topological polar surface area (TPSA) is 113 Å². The molecule has 0 atom stereocenters. The number of nitrogens with zero attached hydrogens (tertiary/aromatic N) is 2. The first-order valence-corrected chi connectivity index (χ1v) is 11.2. The molecule has 0 aliphatic heterocycles. The Kier molecular flexibility index (Phi) is 6.44.